The number of rotatable bonds is 9. The van der Waals surface area contributed by atoms with Gasteiger partial charge in [0.2, 0.25) is 0 Å². The number of hydrogen-bond donors (Lipinski definition) is 2. The number of carbonyl (C=O) groups is 2. The Hall–Kier alpha value is -5.79. The van der Waals surface area contributed by atoms with Crippen LogP contribution in [0.15, 0.2) is 48.7 Å². The van der Waals surface area contributed by atoms with Crippen LogP contribution in [-0.2, 0) is 16.6 Å². The largest absolute Gasteiger partial charge is 0.453 e. The molecule has 2 aliphatic heterocycles. The first-order chi connectivity index (χ1) is 29.0. The van der Waals surface area contributed by atoms with Gasteiger partial charge in [-0.3, -0.25) is 19.5 Å². The van der Waals surface area contributed by atoms with Gasteiger partial charge < -0.3 is 25.3 Å². The van der Waals surface area contributed by atoms with E-state index in [1.54, 1.807) is 42.2 Å². The van der Waals surface area contributed by atoms with Crippen LogP contribution in [-0.4, -0.2) is 88.1 Å². The molecule has 16 heteroatoms. The van der Waals surface area contributed by atoms with E-state index in [1.165, 1.54) is 24.1 Å². The maximum atomic E-state index is 16.1. The van der Waals surface area contributed by atoms with E-state index in [2.05, 4.69) is 20.3 Å². The van der Waals surface area contributed by atoms with Gasteiger partial charge in [0.05, 0.1) is 40.1 Å². The highest BCUT2D eigenvalue weighted by Gasteiger charge is 2.46. The second kappa shape index (κ2) is 17.8. The Morgan fingerprint density at radius 3 is 2.62 bits per heavy atom. The Balaban J connectivity index is 0.00000268. The number of benzene rings is 3. The molecular formula is C44H50F3N9O4. The lowest BCUT2D eigenvalue weighted by molar-refractivity contribution is -0.107. The molecule has 2 saturated heterocycles. The van der Waals surface area contributed by atoms with Gasteiger partial charge in [0.15, 0.2) is 17.4 Å². The van der Waals surface area contributed by atoms with Crippen LogP contribution >= 0.6 is 0 Å². The van der Waals surface area contributed by atoms with E-state index in [4.69, 9.17) is 20.2 Å². The Labute approximate surface area is 346 Å². The molecule has 4 atom stereocenters. The molecule has 5 aromatic rings. The van der Waals surface area contributed by atoms with Gasteiger partial charge in [-0.25, -0.2) is 22.9 Å². The number of nitrogen functional groups attached to an aromatic ring is 1. The van der Waals surface area contributed by atoms with Crippen LogP contribution in [0, 0.1) is 23.0 Å². The van der Waals surface area contributed by atoms with Crippen molar-refractivity contribution < 1.29 is 32.2 Å². The van der Waals surface area contributed by atoms with Crippen LogP contribution in [0.3, 0.4) is 0 Å². The van der Waals surface area contributed by atoms with Crippen LogP contribution in [0.2, 0.25) is 0 Å². The molecule has 0 radical (unpaired) electrons. The summed E-state index contributed by atoms with van der Waals surface area (Å²) in [6, 6.07) is 11.8. The van der Waals surface area contributed by atoms with E-state index in [-0.39, 0.29) is 65.7 Å². The second-order valence-corrected chi connectivity index (χ2v) is 15.5. The molecule has 2 unspecified atom stereocenters. The first-order valence-electron chi connectivity index (χ1n) is 20.5. The van der Waals surface area contributed by atoms with Gasteiger partial charge in [-0.15, -0.1) is 0 Å². The maximum Gasteiger partial charge on any atom is 0.322 e. The second-order valence-electron chi connectivity index (χ2n) is 15.5. The molecule has 1 spiro atoms. The number of urea groups is 1. The smallest absolute Gasteiger partial charge is 0.322 e. The van der Waals surface area contributed by atoms with Gasteiger partial charge in [0.1, 0.15) is 35.7 Å². The average molecular weight is 826 g/mol. The van der Waals surface area contributed by atoms with E-state index >= 15 is 8.78 Å². The molecule has 60 heavy (non-hydrogen) atoms. The zero-order chi connectivity index (χ0) is 42.7. The predicted molar refractivity (Wildman–Crippen MR) is 222 cm³/mol. The van der Waals surface area contributed by atoms with Gasteiger partial charge in [0, 0.05) is 69.8 Å². The van der Waals surface area contributed by atoms with Crippen molar-refractivity contribution >= 4 is 45.8 Å². The summed E-state index contributed by atoms with van der Waals surface area (Å²) in [7, 11) is 3.19. The zero-order valence-corrected chi connectivity index (χ0v) is 34.3. The Morgan fingerprint density at radius 2 is 1.90 bits per heavy atom. The van der Waals surface area contributed by atoms with Crippen molar-refractivity contribution in [2.75, 3.05) is 43.9 Å². The van der Waals surface area contributed by atoms with Gasteiger partial charge in [-0.2, -0.15) is 10.4 Å². The van der Waals surface area contributed by atoms with Crippen molar-refractivity contribution in [3.8, 4) is 17.6 Å². The Morgan fingerprint density at radius 1 is 1.12 bits per heavy atom. The highest BCUT2D eigenvalue weighted by Crippen LogP contribution is 2.45. The normalized spacial score (nSPS) is 21.3. The minimum atomic E-state index is -1.14. The lowest BCUT2D eigenvalue weighted by Crippen LogP contribution is -2.52. The fourth-order valence-electron chi connectivity index (χ4n) is 9.02. The van der Waals surface area contributed by atoms with E-state index in [0.717, 1.165) is 31.0 Å². The quantitative estimate of drug-likeness (QED) is 0.111. The van der Waals surface area contributed by atoms with Gasteiger partial charge in [0.25, 0.3) is 0 Å². The Kier molecular flexibility index (Phi) is 12.6. The monoisotopic (exact) mass is 825 g/mol. The van der Waals surface area contributed by atoms with Crippen LogP contribution in [0.5, 0.6) is 11.5 Å². The number of fused-ring (bicyclic) bond motifs is 2. The molecule has 2 amide bonds. The zero-order valence-electron chi connectivity index (χ0n) is 34.3. The van der Waals surface area contributed by atoms with Gasteiger partial charge >= 0.3 is 6.03 Å². The summed E-state index contributed by atoms with van der Waals surface area (Å²) < 4.78 is 60.4. The number of aryl methyl sites for hydroxylation is 1. The average Bonchev–Trinajstić information content (AvgIpc) is 3.82. The van der Waals surface area contributed by atoms with Crippen LogP contribution in [0.4, 0.5) is 29.5 Å². The maximum absolute atomic E-state index is 16.1. The molecule has 3 aromatic carbocycles. The van der Waals surface area contributed by atoms with E-state index in [1.807, 2.05) is 19.9 Å². The summed E-state index contributed by atoms with van der Waals surface area (Å²) in [6.45, 7) is 5.94. The third-order valence-corrected chi connectivity index (χ3v) is 12.1. The number of ether oxygens (including phenoxy) is 2. The minimum absolute atomic E-state index is 0.0000893. The summed E-state index contributed by atoms with van der Waals surface area (Å²) in [5, 5.41) is 17.0. The highest BCUT2D eigenvalue weighted by atomic mass is 19.1. The van der Waals surface area contributed by atoms with Crippen molar-refractivity contribution in [2.24, 2.45) is 7.05 Å². The standard InChI is InChI=1S/C42H44F3N9O4.C2H6/c1-48-41(56)54(12-3-15-55)40-28-18-31(44)27(19-38(28)52(2)51-40)24-4-9-37(32(45)16-24)53-13-10-42(11-14-53)20-25(23-57-42)36-22-49-34-8-5-26(17-35(34)50-36)58-39-29(21-46)33(47)7-6-30(39)43;1-2/h5-8,15,17-19,22,24-25,32,37H,3-4,9-14,16,20,23,47H2,1-2H3,(H,48,56);1-2H3/t24-,25?,32?,37+;/m0./s1. The number of nitrogens with zero attached hydrogens (tertiary/aromatic N) is 7. The van der Waals surface area contributed by atoms with Crippen molar-refractivity contribution in [1.29, 1.82) is 5.26 Å². The molecule has 3 fully saturated rings. The number of alkyl halides is 1. The van der Waals surface area contributed by atoms with Crippen molar-refractivity contribution in [1.82, 2.24) is 30.0 Å². The molecule has 3 aliphatic rings. The van der Waals surface area contributed by atoms with E-state index in [9.17, 15) is 19.2 Å². The van der Waals surface area contributed by atoms with Crippen LogP contribution in [0.1, 0.15) is 87.4 Å². The number of halogens is 3. The number of amides is 2. The molecule has 13 nitrogen and oxygen atoms in total. The molecule has 8 rings (SSSR count). The number of carbonyl (C=O) groups excluding carboxylic acids is 2. The first kappa shape index (κ1) is 42.3. The fraction of sp³-hybridized carbons (Fsp3) is 0.455. The third-order valence-electron chi connectivity index (χ3n) is 12.1. The van der Waals surface area contributed by atoms with E-state index in [0.29, 0.717) is 72.1 Å². The summed E-state index contributed by atoms with van der Waals surface area (Å²) >= 11 is 0. The van der Waals surface area contributed by atoms with Crippen LogP contribution in [0.25, 0.3) is 21.9 Å². The highest BCUT2D eigenvalue weighted by molar-refractivity contribution is 6.01. The predicted octanol–water partition coefficient (Wildman–Crippen LogP) is 7.81. The molecule has 1 saturated carbocycles. The number of hydrogen-bond acceptors (Lipinski definition) is 10. The SMILES string of the molecule is CC.CNC(=O)N(CCC=O)c1nn(C)c2cc([C@H]3CC[C@@H](N4CCC5(CC4)CC(c4cnc6ccc(Oc7c(F)ccc(N)c7C#N)cc6n4)CO5)C(F)C3)c(F)cc12. The number of piperidine rings is 1. The first-order valence-corrected chi connectivity index (χ1v) is 20.5. The lowest BCUT2D eigenvalue weighted by atomic mass is 9.78. The summed E-state index contributed by atoms with van der Waals surface area (Å²) in [4.78, 5) is 36.7. The number of nitrogens with one attached hydrogen (secondary N) is 1. The molecular weight excluding hydrogens is 776 g/mol. The number of anilines is 2. The number of aldehydes is 1. The summed E-state index contributed by atoms with van der Waals surface area (Å²) in [5.41, 5.74) is 8.56. The molecule has 0 bridgehead atoms. The lowest BCUT2D eigenvalue weighted by Gasteiger charge is -2.45. The molecule has 4 heterocycles. The molecule has 2 aromatic heterocycles. The number of nitrogens with two attached hydrogens (primary N) is 1. The topological polar surface area (TPSA) is 165 Å². The number of nitriles is 1. The fourth-order valence-corrected chi connectivity index (χ4v) is 9.02. The molecule has 1 aliphatic carbocycles. The number of likely N-dealkylation sites (tertiary alicyclic amines) is 1. The van der Waals surface area contributed by atoms with Crippen LogP contribution < -0.4 is 20.7 Å². The minimum Gasteiger partial charge on any atom is -0.453 e. The number of aromatic nitrogens is 4. The van der Waals surface area contributed by atoms with E-state index < -0.39 is 23.8 Å². The third kappa shape index (κ3) is 8.20. The van der Waals surface area contributed by atoms with Crippen molar-refractivity contribution in [2.45, 2.75) is 88.4 Å². The summed E-state index contributed by atoms with van der Waals surface area (Å²) in [5.74, 6) is -1.18. The van der Waals surface area contributed by atoms with Crippen molar-refractivity contribution in [3.63, 3.8) is 0 Å². The molecule has 3 N–H and O–H groups in total. The van der Waals surface area contributed by atoms with Gasteiger partial charge in [-0.1, -0.05) is 13.8 Å². The van der Waals surface area contributed by atoms with Gasteiger partial charge in [-0.05, 0) is 86.4 Å². The summed E-state index contributed by atoms with van der Waals surface area (Å²) in [6.07, 6.45) is 5.09. The molecule has 316 valence electrons. The van der Waals surface area contributed by atoms with Crippen molar-refractivity contribution in [3.05, 3.63) is 77.1 Å². The Bertz CT molecular complexity index is 2430.